The summed E-state index contributed by atoms with van der Waals surface area (Å²) < 4.78 is 16.3. The molecule has 0 saturated heterocycles. The summed E-state index contributed by atoms with van der Waals surface area (Å²) in [6.07, 6.45) is 1.70. The van der Waals surface area contributed by atoms with E-state index in [0.717, 1.165) is 5.56 Å². The van der Waals surface area contributed by atoms with Gasteiger partial charge in [0.15, 0.2) is 11.5 Å². The van der Waals surface area contributed by atoms with Gasteiger partial charge >= 0.3 is 5.97 Å². The molecule has 3 rings (SSSR count). The number of carbonyl (C=O) groups excluding carboxylic acids is 1. The van der Waals surface area contributed by atoms with Crippen LogP contribution in [-0.4, -0.2) is 19.9 Å². The highest BCUT2D eigenvalue weighted by molar-refractivity contribution is 9.10. The number of hydrogen-bond acceptors (Lipinski definition) is 5. The molecule has 6 heteroatoms. The van der Waals surface area contributed by atoms with Crippen molar-refractivity contribution in [2.24, 2.45) is 0 Å². The first-order valence-electron chi connectivity index (χ1n) is 6.84. The molecule has 0 amide bonds. The van der Waals surface area contributed by atoms with Crippen molar-refractivity contribution in [1.29, 1.82) is 0 Å². The van der Waals surface area contributed by atoms with E-state index < -0.39 is 5.97 Å². The lowest BCUT2D eigenvalue weighted by Crippen LogP contribution is -2.05. The van der Waals surface area contributed by atoms with E-state index in [2.05, 4.69) is 15.9 Å². The molecule has 0 unspecified atom stereocenters. The van der Waals surface area contributed by atoms with Gasteiger partial charge in [0.05, 0.1) is 12.7 Å². The first-order valence-corrected chi connectivity index (χ1v) is 7.63. The van der Waals surface area contributed by atoms with Crippen LogP contribution in [0.5, 0.6) is 11.5 Å². The quantitative estimate of drug-likeness (QED) is 0.385. The fraction of sp³-hybridized carbons (Fsp3) is 0.118. The average molecular weight is 376 g/mol. The Bertz CT molecular complexity index is 801. The van der Waals surface area contributed by atoms with Gasteiger partial charge in [-0.15, -0.1) is 0 Å². The number of hydrogen-bond donors (Lipinski definition) is 1. The van der Waals surface area contributed by atoms with Crippen molar-refractivity contribution in [3.05, 3.63) is 52.0 Å². The van der Waals surface area contributed by atoms with Crippen molar-refractivity contribution < 1.29 is 19.0 Å². The minimum absolute atomic E-state index is 0.161. The van der Waals surface area contributed by atoms with Crippen LogP contribution in [-0.2, 0) is 9.53 Å². The van der Waals surface area contributed by atoms with Crippen LogP contribution in [0.15, 0.2) is 40.9 Å². The molecule has 1 aliphatic heterocycles. The highest BCUT2D eigenvalue weighted by atomic mass is 79.9. The third-order valence-corrected chi connectivity index (χ3v) is 4.11. The Hall–Kier alpha value is -2.47. The maximum Gasteiger partial charge on any atom is 0.338 e. The third-order valence-electron chi connectivity index (χ3n) is 3.45. The Morgan fingerprint density at radius 1 is 1.26 bits per heavy atom. The zero-order valence-corrected chi connectivity index (χ0v) is 13.9. The van der Waals surface area contributed by atoms with Crippen molar-refractivity contribution >= 4 is 39.2 Å². The first-order chi connectivity index (χ1) is 11.1. The zero-order valence-electron chi connectivity index (χ0n) is 12.3. The van der Waals surface area contributed by atoms with Gasteiger partial charge in [0, 0.05) is 15.7 Å². The van der Waals surface area contributed by atoms with Crippen LogP contribution in [0, 0.1) is 0 Å². The second kappa shape index (κ2) is 6.34. The molecule has 0 aromatic heterocycles. The van der Waals surface area contributed by atoms with Crippen molar-refractivity contribution in [2.75, 3.05) is 19.6 Å². The minimum Gasteiger partial charge on any atom is -0.465 e. The van der Waals surface area contributed by atoms with Crippen LogP contribution < -0.4 is 15.2 Å². The van der Waals surface area contributed by atoms with Gasteiger partial charge in [-0.05, 0) is 29.8 Å². The Labute approximate surface area is 141 Å². The van der Waals surface area contributed by atoms with Crippen LogP contribution in [0.1, 0.15) is 11.1 Å². The highest BCUT2D eigenvalue weighted by Crippen LogP contribution is 2.40. The van der Waals surface area contributed by atoms with Gasteiger partial charge in [-0.3, -0.25) is 0 Å². The lowest BCUT2D eigenvalue weighted by atomic mass is 10.0. The first kappa shape index (κ1) is 15.4. The molecule has 0 saturated carbocycles. The number of anilines is 1. The van der Waals surface area contributed by atoms with E-state index in [-0.39, 0.29) is 6.79 Å². The summed E-state index contributed by atoms with van der Waals surface area (Å²) in [4.78, 5) is 12.3. The molecule has 2 aromatic rings. The molecule has 1 heterocycles. The van der Waals surface area contributed by atoms with Crippen molar-refractivity contribution in [3.8, 4) is 11.5 Å². The van der Waals surface area contributed by atoms with Crippen LogP contribution >= 0.6 is 15.9 Å². The second-order valence-electron chi connectivity index (χ2n) is 4.86. The van der Waals surface area contributed by atoms with E-state index in [9.17, 15) is 4.79 Å². The van der Waals surface area contributed by atoms with Crippen LogP contribution in [0.2, 0.25) is 0 Å². The van der Waals surface area contributed by atoms with Crippen molar-refractivity contribution in [1.82, 2.24) is 0 Å². The molecule has 0 aliphatic carbocycles. The summed E-state index contributed by atoms with van der Waals surface area (Å²) in [6.45, 7) is 0.161. The van der Waals surface area contributed by atoms with Crippen LogP contribution in [0.4, 0.5) is 5.69 Å². The lowest BCUT2D eigenvalue weighted by Gasteiger charge is -2.10. The number of nitrogen functional groups attached to an aromatic ring is 1. The summed E-state index contributed by atoms with van der Waals surface area (Å²) in [5, 5.41) is 0. The van der Waals surface area contributed by atoms with Gasteiger partial charge in [-0.1, -0.05) is 34.1 Å². The van der Waals surface area contributed by atoms with Crippen LogP contribution in [0.3, 0.4) is 0 Å². The topological polar surface area (TPSA) is 70.8 Å². The summed E-state index contributed by atoms with van der Waals surface area (Å²) in [6, 6.07) is 10.8. The summed E-state index contributed by atoms with van der Waals surface area (Å²) in [5.74, 6) is 0.746. The number of esters is 1. The summed E-state index contributed by atoms with van der Waals surface area (Å²) >= 11 is 3.46. The van der Waals surface area contributed by atoms with Gasteiger partial charge in [-0.25, -0.2) is 4.79 Å². The molecule has 0 spiro atoms. The van der Waals surface area contributed by atoms with E-state index in [1.54, 1.807) is 24.3 Å². The fourth-order valence-electron chi connectivity index (χ4n) is 2.28. The summed E-state index contributed by atoms with van der Waals surface area (Å²) in [7, 11) is 1.34. The predicted molar refractivity (Wildman–Crippen MR) is 91.0 cm³/mol. The normalized spacial score (nSPS) is 13.0. The SMILES string of the molecule is COC(=O)/C(=C\c1ccccc1N)c1cc2c(cc1Br)OCO2. The number of ether oxygens (including phenoxy) is 3. The Morgan fingerprint density at radius 3 is 2.65 bits per heavy atom. The molecule has 2 aromatic carbocycles. The molecular weight excluding hydrogens is 362 g/mol. The molecule has 118 valence electrons. The van der Waals surface area contributed by atoms with E-state index in [1.807, 2.05) is 18.2 Å². The standard InChI is InChI=1S/C17H14BrNO4/c1-21-17(20)12(6-10-4-2-3-5-14(10)19)11-7-15-16(8-13(11)18)23-9-22-15/h2-8H,9,19H2,1H3/b12-6-. The molecule has 5 nitrogen and oxygen atoms in total. The Balaban J connectivity index is 2.14. The fourth-order valence-corrected chi connectivity index (χ4v) is 2.81. The smallest absolute Gasteiger partial charge is 0.338 e. The van der Waals surface area contributed by atoms with E-state index in [1.165, 1.54) is 7.11 Å². The Kier molecular flexibility index (Phi) is 4.25. The monoisotopic (exact) mass is 375 g/mol. The molecular formula is C17H14BrNO4. The number of para-hydroxylation sites is 1. The molecule has 2 N–H and O–H groups in total. The molecule has 23 heavy (non-hydrogen) atoms. The van der Waals surface area contributed by atoms with E-state index in [0.29, 0.717) is 32.8 Å². The number of nitrogens with two attached hydrogens (primary N) is 1. The van der Waals surface area contributed by atoms with E-state index in [4.69, 9.17) is 19.9 Å². The number of methoxy groups -OCH3 is 1. The highest BCUT2D eigenvalue weighted by Gasteiger charge is 2.22. The second-order valence-corrected chi connectivity index (χ2v) is 5.72. The average Bonchev–Trinajstić information content (AvgIpc) is 3.00. The van der Waals surface area contributed by atoms with Gasteiger partial charge in [0.25, 0.3) is 0 Å². The molecule has 0 fully saturated rings. The van der Waals surface area contributed by atoms with Crippen molar-refractivity contribution in [2.45, 2.75) is 0 Å². The minimum atomic E-state index is -0.465. The molecule has 0 atom stereocenters. The maximum absolute atomic E-state index is 12.3. The lowest BCUT2D eigenvalue weighted by molar-refractivity contribution is -0.133. The van der Waals surface area contributed by atoms with E-state index >= 15 is 0 Å². The zero-order chi connectivity index (χ0) is 16.4. The predicted octanol–water partition coefficient (Wildman–Crippen LogP) is 3.47. The number of benzene rings is 2. The van der Waals surface area contributed by atoms with Gasteiger partial charge in [0.1, 0.15) is 0 Å². The maximum atomic E-state index is 12.3. The summed E-state index contributed by atoms with van der Waals surface area (Å²) in [5.41, 5.74) is 8.29. The van der Waals surface area contributed by atoms with Gasteiger partial charge in [-0.2, -0.15) is 0 Å². The van der Waals surface area contributed by atoms with Crippen molar-refractivity contribution in [3.63, 3.8) is 0 Å². The van der Waals surface area contributed by atoms with Crippen LogP contribution in [0.25, 0.3) is 11.6 Å². The van der Waals surface area contributed by atoms with Gasteiger partial charge < -0.3 is 19.9 Å². The van der Waals surface area contributed by atoms with Gasteiger partial charge in [0.2, 0.25) is 6.79 Å². The third kappa shape index (κ3) is 3.03. The Morgan fingerprint density at radius 2 is 1.96 bits per heavy atom. The number of rotatable bonds is 3. The molecule has 0 bridgehead atoms. The number of fused-ring (bicyclic) bond motifs is 1. The molecule has 1 aliphatic rings. The number of halogens is 1. The molecule has 0 radical (unpaired) electrons. The largest absolute Gasteiger partial charge is 0.465 e. The number of carbonyl (C=O) groups is 1.